The molecule has 0 saturated carbocycles. The van der Waals surface area contributed by atoms with Crippen molar-refractivity contribution < 1.29 is 39.5 Å². The second kappa shape index (κ2) is 19.9. The van der Waals surface area contributed by atoms with E-state index < -0.39 is 5.97 Å². The number of aliphatic carboxylic acids is 1. The van der Waals surface area contributed by atoms with E-state index in [2.05, 4.69) is 6.92 Å². The van der Waals surface area contributed by atoms with Gasteiger partial charge in [-0.3, -0.25) is 0 Å². The Morgan fingerprint density at radius 2 is 1.47 bits per heavy atom. The van der Waals surface area contributed by atoms with Crippen LogP contribution in [0.15, 0.2) is 0 Å². The summed E-state index contributed by atoms with van der Waals surface area (Å²) < 4.78 is 0. The van der Waals surface area contributed by atoms with E-state index in [9.17, 15) is 9.90 Å². The minimum Gasteiger partial charge on any atom is -0.550 e. The second-order valence-corrected chi connectivity index (χ2v) is 3.28. The quantitative estimate of drug-likeness (QED) is 0.422. The molecule has 0 heterocycles. The Balaban J connectivity index is -0.000000208. The molecule has 2 N–H and O–H groups in total. The summed E-state index contributed by atoms with van der Waals surface area (Å²) in [6.45, 7) is 4.64. The van der Waals surface area contributed by atoms with E-state index in [0.29, 0.717) is 0 Å². The monoisotopic (exact) mass is 225 g/mol. The van der Waals surface area contributed by atoms with Crippen molar-refractivity contribution in [3.8, 4) is 0 Å². The molecule has 0 amide bonds. The first-order valence-electron chi connectivity index (χ1n) is 5.58. The molecule has 3 nitrogen and oxygen atoms in total. The fourth-order valence-electron chi connectivity index (χ4n) is 0.925. The molecule has 4 heteroatoms. The van der Waals surface area contributed by atoms with Gasteiger partial charge < -0.3 is 15.6 Å². The van der Waals surface area contributed by atoms with Gasteiger partial charge in [0, 0.05) is 5.97 Å². The van der Waals surface area contributed by atoms with Crippen molar-refractivity contribution in [2.24, 2.45) is 5.73 Å². The van der Waals surface area contributed by atoms with Crippen molar-refractivity contribution in [1.82, 2.24) is 0 Å². The zero-order chi connectivity index (χ0) is 11.2. The van der Waals surface area contributed by atoms with E-state index >= 15 is 0 Å². The molecule has 86 valence electrons. The number of carbonyl (C=O) groups excluding carboxylic acids is 1. The van der Waals surface area contributed by atoms with Gasteiger partial charge in [-0.2, -0.15) is 0 Å². The molecule has 0 aromatic heterocycles. The van der Waals surface area contributed by atoms with E-state index in [4.69, 9.17) is 5.73 Å². The fraction of sp³-hybridized carbons (Fsp3) is 0.909. The number of hydrogen-bond donors (Lipinski definition) is 1. The van der Waals surface area contributed by atoms with Crippen LogP contribution in [0.1, 0.15) is 58.8 Å². The zero-order valence-electron chi connectivity index (χ0n) is 10.6. The Kier molecular flexibility index (Phi) is 27.6. The summed E-state index contributed by atoms with van der Waals surface area (Å²) in [6, 6.07) is 0. The maximum atomic E-state index is 9.26. The van der Waals surface area contributed by atoms with Crippen LogP contribution in [0.5, 0.6) is 0 Å². The van der Waals surface area contributed by atoms with Crippen molar-refractivity contribution in [2.75, 3.05) is 6.54 Å². The number of carbonyl (C=O) groups is 1. The van der Waals surface area contributed by atoms with Crippen molar-refractivity contribution in [3.63, 3.8) is 0 Å². The number of hydrogen-bond acceptors (Lipinski definition) is 3. The van der Waals surface area contributed by atoms with Crippen LogP contribution < -0.4 is 40.4 Å². The topological polar surface area (TPSA) is 66.1 Å². The summed E-state index contributed by atoms with van der Waals surface area (Å²) in [4.78, 5) is 9.26. The maximum Gasteiger partial charge on any atom is 1.00 e. The normalized spacial score (nSPS) is 8.47. The van der Waals surface area contributed by atoms with Gasteiger partial charge in [-0.1, -0.05) is 46.0 Å². The zero-order valence-corrected chi connectivity index (χ0v) is 12.6. The third-order valence-corrected chi connectivity index (χ3v) is 1.85. The molecule has 15 heavy (non-hydrogen) atoms. The predicted octanol–water partition coefficient (Wildman–Crippen LogP) is -1.54. The van der Waals surface area contributed by atoms with E-state index in [0.717, 1.165) is 6.54 Å². The smallest absolute Gasteiger partial charge is 0.550 e. The largest absolute Gasteiger partial charge is 1.00 e. The molecule has 0 aromatic rings. The summed E-state index contributed by atoms with van der Waals surface area (Å²) in [7, 11) is 0. The van der Waals surface area contributed by atoms with Crippen LogP contribution in [0.4, 0.5) is 0 Å². The van der Waals surface area contributed by atoms with Gasteiger partial charge in [0.15, 0.2) is 0 Å². The van der Waals surface area contributed by atoms with Crippen molar-refractivity contribution >= 4 is 5.97 Å². The van der Waals surface area contributed by atoms with Gasteiger partial charge in [0.05, 0.1) is 0 Å². The number of nitrogens with two attached hydrogens (primary N) is 1. The number of unbranched alkanes of at least 4 members (excludes halogenated alkanes) is 5. The summed E-state index contributed by atoms with van der Waals surface area (Å²) >= 11 is 0. The first kappa shape index (κ1) is 20.8. The fourth-order valence-corrected chi connectivity index (χ4v) is 0.925. The molecule has 0 radical (unpaired) electrons. The molecule has 0 aliphatic carbocycles. The molecule has 0 aromatic carbocycles. The Hall–Kier alpha value is 0.430. The van der Waals surface area contributed by atoms with Crippen molar-refractivity contribution in [1.29, 1.82) is 0 Å². The molecule has 0 fully saturated rings. The molecular weight excluding hydrogens is 201 g/mol. The molecule has 0 unspecified atom stereocenters. The summed E-state index contributed by atoms with van der Waals surface area (Å²) in [6.07, 6.45) is 8.16. The Morgan fingerprint density at radius 3 is 1.80 bits per heavy atom. The van der Waals surface area contributed by atoms with Gasteiger partial charge in [-0.05, 0) is 19.4 Å². The third-order valence-electron chi connectivity index (χ3n) is 1.85. The maximum absolute atomic E-state index is 9.26. The minimum atomic E-state index is -0.995. The van der Waals surface area contributed by atoms with Crippen molar-refractivity contribution in [3.05, 3.63) is 0 Å². The Labute approximate surface area is 116 Å². The van der Waals surface area contributed by atoms with E-state index in [1.54, 1.807) is 0 Å². The van der Waals surface area contributed by atoms with E-state index in [1.165, 1.54) is 45.4 Å². The van der Waals surface area contributed by atoms with Crippen LogP contribution in [0.2, 0.25) is 0 Å². The number of carboxylic acids is 1. The van der Waals surface area contributed by atoms with Gasteiger partial charge in [0.1, 0.15) is 0 Å². The molecule has 0 aliphatic rings. The third kappa shape index (κ3) is 31.4. The summed E-state index contributed by atoms with van der Waals surface area (Å²) in [5.41, 5.74) is 5.34. The molecule has 0 spiro atoms. The van der Waals surface area contributed by atoms with Gasteiger partial charge in [0.2, 0.25) is 0 Å². The molecule has 0 saturated heterocycles. The molecule has 0 atom stereocenters. The number of rotatable bonds is 7. The standard InChI is InChI=1S/C8H19N.C3H6O2.Na/c1-2-3-4-5-6-7-8-9;1-2-3(4)5;/h2-9H2,1H3;2H2,1H3,(H,4,5);/q;;+1/p-1. The van der Waals surface area contributed by atoms with Gasteiger partial charge in [-0.15, -0.1) is 0 Å². The van der Waals surface area contributed by atoms with Crippen LogP contribution >= 0.6 is 0 Å². The van der Waals surface area contributed by atoms with E-state index in [-0.39, 0.29) is 36.0 Å². The van der Waals surface area contributed by atoms with Crippen LogP contribution in [0, 0.1) is 0 Å². The van der Waals surface area contributed by atoms with Crippen LogP contribution in [0.3, 0.4) is 0 Å². The predicted molar refractivity (Wildman–Crippen MR) is 57.7 cm³/mol. The van der Waals surface area contributed by atoms with Crippen LogP contribution in [-0.4, -0.2) is 12.5 Å². The van der Waals surface area contributed by atoms with Crippen molar-refractivity contribution in [2.45, 2.75) is 58.8 Å². The Bertz CT molecular complexity index is 115. The number of carboxylic acid groups (broad SMARTS) is 1. The summed E-state index contributed by atoms with van der Waals surface area (Å²) in [5, 5.41) is 9.26. The first-order chi connectivity index (χ1) is 6.68. The van der Waals surface area contributed by atoms with Gasteiger partial charge in [-0.25, -0.2) is 0 Å². The Morgan fingerprint density at radius 1 is 1.07 bits per heavy atom. The molecule has 0 bridgehead atoms. The molecule has 0 aliphatic heterocycles. The van der Waals surface area contributed by atoms with Gasteiger partial charge >= 0.3 is 29.6 Å². The average molecular weight is 225 g/mol. The molecular formula is C11H24NNaO2. The molecule has 0 rings (SSSR count). The summed E-state index contributed by atoms with van der Waals surface area (Å²) in [5.74, 6) is -0.995. The van der Waals surface area contributed by atoms with Crippen LogP contribution in [-0.2, 0) is 4.79 Å². The first-order valence-corrected chi connectivity index (χ1v) is 5.58. The van der Waals surface area contributed by atoms with Gasteiger partial charge in [0.25, 0.3) is 0 Å². The minimum absolute atomic E-state index is 0. The van der Waals surface area contributed by atoms with E-state index in [1.807, 2.05) is 0 Å². The SMILES string of the molecule is CCC(=O)[O-].CCCCCCCCN.[Na+]. The second-order valence-electron chi connectivity index (χ2n) is 3.28. The average Bonchev–Trinajstić information content (AvgIpc) is 2.19. The van der Waals surface area contributed by atoms with Crippen LogP contribution in [0.25, 0.3) is 0 Å².